The number of nitrogens with zero attached hydrogens (tertiary/aromatic N) is 2. The molecule has 1 atom stereocenters. The molecule has 1 saturated heterocycles. The number of hydrogen-bond donors (Lipinski definition) is 0. The van der Waals surface area contributed by atoms with Crippen molar-refractivity contribution in [2.75, 3.05) is 39.9 Å². The first-order valence-electron chi connectivity index (χ1n) is 8.48. The molecule has 1 aliphatic heterocycles. The number of alkyl halides is 1. The summed E-state index contributed by atoms with van der Waals surface area (Å²) in [5, 5.41) is 0. The first kappa shape index (κ1) is 20.7. The summed E-state index contributed by atoms with van der Waals surface area (Å²) in [5.41, 5.74) is -2.29. The number of rotatable bonds is 5. The Kier molecular flexibility index (Phi) is 7.45. The second-order valence-corrected chi connectivity index (χ2v) is 7.58. The van der Waals surface area contributed by atoms with Crippen LogP contribution in [0.5, 0.6) is 0 Å². The Labute approximate surface area is 144 Å². The quantitative estimate of drug-likeness (QED) is 0.718. The second-order valence-electron chi connectivity index (χ2n) is 7.58. The number of unbranched alkanes of at least 4 members (excludes halogenated alkanes) is 1. The van der Waals surface area contributed by atoms with E-state index in [4.69, 9.17) is 9.47 Å². The lowest BCUT2D eigenvalue weighted by molar-refractivity contribution is -0.132. The molecule has 0 N–H and O–H groups in total. The highest BCUT2D eigenvalue weighted by atomic mass is 19.1. The lowest BCUT2D eigenvalue weighted by Gasteiger charge is -2.29. The summed E-state index contributed by atoms with van der Waals surface area (Å²) in [6.07, 6.45) is 1.33. The first-order chi connectivity index (χ1) is 11.0. The molecule has 0 unspecified atom stereocenters. The van der Waals surface area contributed by atoms with Crippen molar-refractivity contribution >= 4 is 12.0 Å². The average Bonchev–Trinajstić information content (AvgIpc) is 2.60. The maximum atomic E-state index is 14.8. The van der Waals surface area contributed by atoms with Crippen LogP contribution in [0.15, 0.2) is 0 Å². The van der Waals surface area contributed by atoms with Crippen molar-refractivity contribution in [3.8, 4) is 0 Å². The van der Waals surface area contributed by atoms with Gasteiger partial charge in [0.05, 0.1) is 13.1 Å². The maximum absolute atomic E-state index is 14.8. The minimum absolute atomic E-state index is 0.00455. The van der Waals surface area contributed by atoms with Gasteiger partial charge in [0, 0.05) is 33.2 Å². The zero-order chi connectivity index (χ0) is 18.4. The van der Waals surface area contributed by atoms with Gasteiger partial charge in [0.2, 0.25) is 5.91 Å². The zero-order valence-electron chi connectivity index (χ0n) is 15.6. The van der Waals surface area contributed by atoms with Gasteiger partial charge >= 0.3 is 6.09 Å². The lowest BCUT2D eigenvalue weighted by Crippen LogP contribution is -2.45. The van der Waals surface area contributed by atoms with Crippen LogP contribution in [-0.4, -0.2) is 73.0 Å². The van der Waals surface area contributed by atoms with E-state index in [9.17, 15) is 14.0 Å². The maximum Gasteiger partial charge on any atom is 0.410 e. The van der Waals surface area contributed by atoms with Crippen LogP contribution in [-0.2, 0) is 14.3 Å². The van der Waals surface area contributed by atoms with E-state index in [-0.39, 0.29) is 25.5 Å². The van der Waals surface area contributed by atoms with Crippen molar-refractivity contribution < 1.29 is 23.5 Å². The molecule has 1 rings (SSSR count). The second kappa shape index (κ2) is 8.65. The molecule has 24 heavy (non-hydrogen) atoms. The van der Waals surface area contributed by atoms with Crippen molar-refractivity contribution in [1.82, 2.24) is 9.80 Å². The highest BCUT2D eigenvalue weighted by Crippen LogP contribution is 2.21. The molecule has 0 radical (unpaired) electrons. The third-order valence-electron chi connectivity index (χ3n) is 3.67. The van der Waals surface area contributed by atoms with Gasteiger partial charge < -0.3 is 19.3 Å². The summed E-state index contributed by atoms with van der Waals surface area (Å²) < 4.78 is 25.0. The van der Waals surface area contributed by atoms with Crippen molar-refractivity contribution in [1.29, 1.82) is 0 Å². The summed E-state index contributed by atoms with van der Waals surface area (Å²) >= 11 is 0. The van der Waals surface area contributed by atoms with Crippen LogP contribution in [0.4, 0.5) is 9.18 Å². The summed E-state index contributed by atoms with van der Waals surface area (Å²) in [6, 6.07) is 0. The monoisotopic (exact) mass is 346 g/mol. The standard InChI is InChI=1S/C17H31FN2O4/c1-16(2,3)24-15(22)20-10-9-19(12-17(4,18)13-20)14(21)8-6-7-11-23-5/h6-13H2,1-5H3/t17-/m1/s1. The molecule has 2 amide bonds. The smallest absolute Gasteiger partial charge is 0.410 e. The van der Waals surface area contributed by atoms with Crippen molar-refractivity contribution in [2.24, 2.45) is 0 Å². The van der Waals surface area contributed by atoms with E-state index < -0.39 is 17.4 Å². The summed E-state index contributed by atoms with van der Waals surface area (Å²) in [6.45, 7) is 7.86. The molecule has 0 aliphatic carbocycles. The molecule has 0 aromatic rings. The van der Waals surface area contributed by atoms with Crippen LogP contribution >= 0.6 is 0 Å². The number of amides is 2. The van der Waals surface area contributed by atoms with Crippen LogP contribution in [0.1, 0.15) is 47.0 Å². The van der Waals surface area contributed by atoms with Crippen LogP contribution in [0, 0.1) is 0 Å². The highest BCUT2D eigenvalue weighted by Gasteiger charge is 2.37. The number of ether oxygens (including phenoxy) is 2. The fourth-order valence-electron chi connectivity index (χ4n) is 2.62. The third-order valence-corrected chi connectivity index (χ3v) is 3.67. The predicted molar refractivity (Wildman–Crippen MR) is 89.6 cm³/mol. The minimum atomic E-state index is -1.66. The molecule has 140 valence electrons. The van der Waals surface area contributed by atoms with Gasteiger partial charge in [0.25, 0.3) is 0 Å². The first-order valence-corrected chi connectivity index (χ1v) is 8.48. The van der Waals surface area contributed by atoms with Crippen LogP contribution < -0.4 is 0 Å². The topological polar surface area (TPSA) is 59.1 Å². The number of carbonyl (C=O) groups excluding carboxylic acids is 2. The molecule has 1 fully saturated rings. The van der Waals surface area contributed by atoms with Gasteiger partial charge in [-0.25, -0.2) is 9.18 Å². The van der Waals surface area contributed by atoms with Crippen molar-refractivity contribution in [3.63, 3.8) is 0 Å². The molecule has 7 heteroatoms. The Morgan fingerprint density at radius 1 is 1.12 bits per heavy atom. The van der Waals surface area contributed by atoms with Crippen molar-refractivity contribution in [3.05, 3.63) is 0 Å². The molecule has 1 aliphatic rings. The fourth-order valence-corrected chi connectivity index (χ4v) is 2.62. The zero-order valence-corrected chi connectivity index (χ0v) is 15.6. The van der Waals surface area contributed by atoms with E-state index in [1.807, 2.05) is 0 Å². The Morgan fingerprint density at radius 2 is 1.71 bits per heavy atom. The van der Waals surface area contributed by atoms with Crippen LogP contribution in [0.2, 0.25) is 0 Å². The Morgan fingerprint density at radius 3 is 2.29 bits per heavy atom. The number of methoxy groups -OCH3 is 1. The van der Waals surface area contributed by atoms with Gasteiger partial charge in [-0.3, -0.25) is 4.79 Å². The van der Waals surface area contributed by atoms with E-state index >= 15 is 0 Å². The number of hydrogen-bond acceptors (Lipinski definition) is 4. The largest absolute Gasteiger partial charge is 0.444 e. The van der Waals surface area contributed by atoms with E-state index in [0.29, 0.717) is 26.0 Å². The van der Waals surface area contributed by atoms with Gasteiger partial charge in [0.1, 0.15) is 11.3 Å². The lowest BCUT2D eigenvalue weighted by atomic mass is 10.1. The number of halogens is 1. The van der Waals surface area contributed by atoms with Crippen LogP contribution in [0.3, 0.4) is 0 Å². The van der Waals surface area contributed by atoms with E-state index in [1.54, 1.807) is 27.9 Å². The summed E-state index contributed by atoms with van der Waals surface area (Å²) in [7, 11) is 1.62. The molecule has 0 bridgehead atoms. The fraction of sp³-hybridized carbons (Fsp3) is 0.882. The highest BCUT2D eigenvalue weighted by molar-refractivity contribution is 5.76. The third kappa shape index (κ3) is 7.47. The summed E-state index contributed by atoms with van der Waals surface area (Å²) in [4.78, 5) is 27.3. The Hall–Kier alpha value is -1.37. The molecule has 0 aromatic carbocycles. The van der Waals surface area contributed by atoms with Crippen LogP contribution in [0.25, 0.3) is 0 Å². The Balaban J connectivity index is 2.63. The molecule has 0 aromatic heterocycles. The van der Waals surface area contributed by atoms with Gasteiger partial charge in [-0.15, -0.1) is 0 Å². The van der Waals surface area contributed by atoms with Crippen molar-refractivity contribution in [2.45, 2.75) is 58.2 Å². The molecular weight excluding hydrogens is 315 g/mol. The van der Waals surface area contributed by atoms with E-state index in [0.717, 1.165) is 6.42 Å². The van der Waals surface area contributed by atoms with Gasteiger partial charge in [-0.05, 0) is 40.5 Å². The summed E-state index contributed by atoms with van der Waals surface area (Å²) in [5.74, 6) is -0.0824. The van der Waals surface area contributed by atoms with Gasteiger partial charge in [-0.1, -0.05) is 0 Å². The SMILES string of the molecule is COCCCCC(=O)N1CCN(C(=O)OC(C)(C)C)C[C@](C)(F)C1. The molecule has 1 heterocycles. The molecule has 0 saturated carbocycles. The molecular formula is C17H31FN2O4. The van der Waals surface area contributed by atoms with E-state index in [2.05, 4.69) is 0 Å². The van der Waals surface area contributed by atoms with Gasteiger partial charge in [-0.2, -0.15) is 0 Å². The number of carbonyl (C=O) groups is 2. The minimum Gasteiger partial charge on any atom is -0.444 e. The molecule has 6 nitrogen and oxygen atoms in total. The average molecular weight is 346 g/mol. The Bertz CT molecular complexity index is 435. The normalized spacial score (nSPS) is 22.2. The van der Waals surface area contributed by atoms with E-state index in [1.165, 1.54) is 16.7 Å². The predicted octanol–water partition coefficient (Wildman–Crippen LogP) is 2.61. The van der Waals surface area contributed by atoms with Gasteiger partial charge in [0.15, 0.2) is 0 Å². The molecule has 0 spiro atoms.